The molecule has 0 aliphatic carbocycles. The number of rotatable bonds is 6. The van der Waals surface area contributed by atoms with Gasteiger partial charge in [0.25, 0.3) is 0 Å². The summed E-state index contributed by atoms with van der Waals surface area (Å²) in [6.45, 7) is 2.53. The highest BCUT2D eigenvalue weighted by molar-refractivity contribution is 5.30. The van der Waals surface area contributed by atoms with Crippen LogP contribution in [-0.4, -0.2) is 38.1 Å². The molecule has 2 unspecified atom stereocenters. The molecule has 1 aliphatic rings. The summed E-state index contributed by atoms with van der Waals surface area (Å²) in [5.41, 5.74) is 2.56. The first-order valence-electron chi connectivity index (χ1n) is 6.37. The maximum Gasteiger partial charge on any atom is 0.0785 e. The number of benzene rings is 1. The summed E-state index contributed by atoms with van der Waals surface area (Å²) >= 11 is 0. The maximum atomic E-state index is 9.58. The van der Waals surface area contributed by atoms with Crippen molar-refractivity contribution >= 4 is 0 Å². The van der Waals surface area contributed by atoms with Crippen molar-refractivity contribution in [1.82, 2.24) is 5.32 Å². The van der Waals surface area contributed by atoms with Crippen LogP contribution in [0.2, 0.25) is 0 Å². The minimum absolute atomic E-state index is 0.227. The Labute approximate surface area is 108 Å². The van der Waals surface area contributed by atoms with Crippen molar-refractivity contribution in [3.63, 3.8) is 0 Å². The van der Waals surface area contributed by atoms with Crippen LogP contribution in [0.3, 0.4) is 0 Å². The molecule has 0 spiro atoms. The van der Waals surface area contributed by atoms with Crippen LogP contribution < -0.4 is 5.32 Å². The second-order valence-corrected chi connectivity index (χ2v) is 4.62. The van der Waals surface area contributed by atoms with E-state index in [0.29, 0.717) is 26.2 Å². The van der Waals surface area contributed by atoms with E-state index >= 15 is 0 Å². The Bertz CT molecular complexity index is 370. The molecule has 0 aromatic heterocycles. The van der Waals surface area contributed by atoms with Crippen LogP contribution in [0, 0.1) is 0 Å². The number of hydrogen-bond acceptors (Lipinski definition) is 4. The average Bonchev–Trinajstić information content (AvgIpc) is 2.39. The fraction of sp³-hybridized carbons (Fsp3) is 0.571. The Balaban J connectivity index is 1.84. The van der Waals surface area contributed by atoms with Gasteiger partial charge in [-0.25, -0.2) is 0 Å². The van der Waals surface area contributed by atoms with Gasteiger partial charge < -0.3 is 19.9 Å². The SMILES string of the molecule is COCC(O)CCNC1COCc2ccccc21. The summed E-state index contributed by atoms with van der Waals surface area (Å²) in [5, 5.41) is 13.0. The number of ether oxygens (including phenoxy) is 2. The molecular weight excluding hydrogens is 230 g/mol. The molecule has 4 heteroatoms. The molecule has 1 aromatic rings. The fourth-order valence-electron chi connectivity index (χ4n) is 2.25. The summed E-state index contributed by atoms with van der Waals surface area (Å²) in [6, 6.07) is 8.56. The van der Waals surface area contributed by atoms with Gasteiger partial charge in [-0.2, -0.15) is 0 Å². The molecular formula is C14H21NO3. The molecule has 100 valence electrons. The van der Waals surface area contributed by atoms with Crippen LogP contribution in [0.4, 0.5) is 0 Å². The van der Waals surface area contributed by atoms with Crippen molar-refractivity contribution in [3.8, 4) is 0 Å². The molecule has 18 heavy (non-hydrogen) atoms. The Morgan fingerprint density at radius 3 is 3.17 bits per heavy atom. The van der Waals surface area contributed by atoms with Crippen molar-refractivity contribution in [3.05, 3.63) is 35.4 Å². The first-order valence-corrected chi connectivity index (χ1v) is 6.37. The molecule has 4 nitrogen and oxygen atoms in total. The number of aliphatic hydroxyl groups is 1. The van der Waals surface area contributed by atoms with E-state index in [1.807, 2.05) is 6.07 Å². The van der Waals surface area contributed by atoms with E-state index in [1.165, 1.54) is 11.1 Å². The highest BCUT2D eigenvalue weighted by atomic mass is 16.5. The quantitative estimate of drug-likeness (QED) is 0.799. The predicted molar refractivity (Wildman–Crippen MR) is 69.3 cm³/mol. The predicted octanol–water partition coefficient (Wildman–Crippen LogP) is 1.24. The Morgan fingerprint density at radius 1 is 1.50 bits per heavy atom. The van der Waals surface area contributed by atoms with Crippen molar-refractivity contribution in [1.29, 1.82) is 0 Å². The third-order valence-electron chi connectivity index (χ3n) is 3.20. The molecule has 1 aromatic carbocycles. The summed E-state index contributed by atoms with van der Waals surface area (Å²) in [5.74, 6) is 0. The average molecular weight is 251 g/mol. The minimum Gasteiger partial charge on any atom is -0.391 e. The minimum atomic E-state index is -0.401. The van der Waals surface area contributed by atoms with Gasteiger partial charge in [0.15, 0.2) is 0 Å². The van der Waals surface area contributed by atoms with Crippen LogP contribution in [0.25, 0.3) is 0 Å². The summed E-state index contributed by atoms with van der Waals surface area (Å²) in [7, 11) is 1.60. The van der Waals surface area contributed by atoms with Gasteiger partial charge in [0.1, 0.15) is 0 Å². The fourth-order valence-corrected chi connectivity index (χ4v) is 2.25. The van der Waals surface area contributed by atoms with Gasteiger partial charge in [0, 0.05) is 7.11 Å². The normalized spacial score (nSPS) is 20.4. The van der Waals surface area contributed by atoms with Gasteiger partial charge in [0.2, 0.25) is 0 Å². The molecule has 1 aliphatic heterocycles. The standard InChI is InChI=1S/C14H21NO3/c1-17-9-12(16)6-7-15-14-10-18-8-11-4-2-3-5-13(11)14/h2-5,12,14-16H,6-10H2,1H3. The van der Waals surface area contributed by atoms with E-state index in [1.54, 1.807) is 7.11 Å². The van der Waals surface area contributed by atoms with Gasteiger partial charge in [-0.15, -0.1) is 0 Å². The molecule has 2 rings (SSSR count). The lowest BCUT2D eigenvalue weighted by atomic mass is 9.99. The van der Waals surface area contributed by atoms with Crippen LogP contribution in [0.1, 0.15) is 23.6 Å². The molecule has 1 heterocycles. The third-order valence-corrected chi connectivity index (χ3v) is 3.20. The topological polar surface area (TPSA) is 50.7 Å². The third kappa shape index (κ3) is 3.53. The number of fused-ring (bicyclic) bond motifs is 1. The van der Waals surface area contributed by atoms with Crippen molar-refractivity contribution < 1.29 is 14.6 Å². The van der Waals surface area contributed by atoms with Crippen molar-refractivity contribution in [2.24, 2.45) is 0 Å². The number of nitrogens with one attached hydrogen (secondary N) is 1. The van der Waals surface area contributed by atoms with Gasteiger partial charge in [0.05, 0.1) is 32.0 Å². The summed E-state index contributed by atoms with van der Waals surface area (Å²) in [4.78, 5) is 0. The smallest absolute Gasteiger partial charge is 0.0785 e. The molecule has 2 atom stereocenters. The van der Waals surface area contributed by atoms with Crippen molar-refractivity contribution in [2.75, 3.05) is 26.9 Å². The van der Waals surface area contributed by atoms with Gasteiger partial charge in [-0.3, -0.25) is 0 Å². The lowest BCUT2D eigenvalue weighted by Gasteiger charge is -2.27. The van der Waals surface area contributed by atoms with E-state index in [9.17, 15) is 5.11 Å². The Kier molecular flexibility index (Phi) is 5.13. The molecule has 0 saturated carbocycles. The number of aliphatic hydroxyl groups excluding tert-OH is 1. The second kappa shape index (κ2) is 6.85. The van der Waals surface area contributed by atoms with Gasteiger partial charge in [-0.05, 0) is 24.1 Å². The Hall–Kier alpha value is -0.940. The molecule has 2 N–H and O–H groups in total. The van der Waals surface area contributed by atoms with E-state index < -0.39 is 6.10 Å². The largest absolute Gasteiger partial charge is 0.391 e. The first-order chi connectivity index (χ1) is 8.81. The van der Waals surface area contributed by atoms with Gasteiger partial charge in [-0.1, -0.05) is 24.3 Å². The van der Waals surface area contributed by atoms with Crippen LogP contribution in [-0.2, 0) is 16.1 Å². The van der Waals surface area contributed by atoms with E-state index in [2.05, 4.69) is 23.5 Å². The zero-order valence-electron chi connectivity index (χ0n) is 10.8. The zero-order valence-corrected chi connectivity index (χ0v) is 10.8. The zero-order chi connectivity index (χ0) is 12.8. The van der Waals surface area contributed by atoms with E-state index in [0.717, 1.165) is 6.54 Å². The highest BCUT2D eigenvalue weighted by Gasteiger charge is 2.19. The highest BCUT2D eigenvalue weighted by Crippen LogP contribution is 2.24. The van der Waals surface area contributed by atoms with Crippen LogP contribution in [0.15, 0.2) is 24.3 Å². The molecule has 0 fully saturated rings. The van der Waals surface area contributed by atoms with E-state index in [-0.39, 0.29) is 6.04 Å². The number of hydrogen-bond donors (Lipinski definition) is 2. The molecule has 0 radical (unpaired) electrons. The maximum absolute atomic E-state index is 9.58. The van der Waals surface area contributed by atoms with Crippen LogP contribution in [0.5, 0.6) is 0 Å². The summed E-state index contributed by atoms with van der Waals surface area (Å²) in [6.07, 6.45) is 0.286. The number of methoxy groups -OCH3 is 1. The molecule has 0 saturated heterocycles. The van der Waals surface area contributed by atoms with Crippen molar-refractivity contribution in [2.45, 2.75) is 25.2 Å². The second-order valence-electron chi connectivity index (χ2n) is 4.62. The first kappa shape index (κ1) is 13.5. The molecule has 0 amide bonds. The van der Waals surface area contributed by atoms with E-state index in [4.69, 9.17) is 9.47 Å². The Morgan fingerprint density at radius 2 is 2.33 bits per heavy atom. The monoisotopic (exact) mass is 251 g/mol. The summed E-state index contributed by atoms with van der Waals surface area (Å²) < 4.78 is 10.5. The lowest BCUT2D eigenvalue weighted by Crippen LogP contribution is -2.32. The van der Waals surface area contributed by atoms with Crippen LogP contribution >= 0.6 is 0 Å². The molecule has 0 bridgehead atoms. The lowest BCUT2D eigenvalue weighted by molar-refractivity contribution is 0.0546. The van der Waals surface area contributed by atoms with Gasteiger partial charge >= 0.3 is 0 Å².